The normalized spacial score (nSPS) is 10.5. The molecule has 0 spiro atoms. The molecule has 0 saturated carbocycles. The lowest BCUT2D eigenvalue weighted by molar-refractivity contribution is 0.218. The van der Waals surface area contributed by atoms with E-state index in [1.54, 1.807) is 18.2 Å². The molecule has 0 aliphatic carbocycles. The van der Waals surface area contributed by atoms with E-state index in [0.717, 1.165) is 19.6 Å². The van der Waals surface area contributed by atoms with Gasteiger partial charge in [-0.1, -0.05) is 19.9 Å². The van der Waals surface area contributed by atoms with Gasteiger partial charge >= 0.3 is 0 Å². The fraction of sp³-hybridized carbons (Fsp3) is 0.500. The lowest BCUT2D eigenvalue weighted by atomic mass is 10.3. The monoisotopic (exact) mass is 236 g/mol. The van der Waals surface area contributed by atoms with Crippen molar-refractivity contribution in [2.24, 2.45) is 5.73 Å². The zero-order chi connectivity index (χ0) is 12.7. The molecule has 0 unspecified atom stereocenters. The predicted octanol–water partition coefficient (Wildman–Crippen LogP) is 1.09. The van der Waals surface area contributed by atoms with E-state index in [4.69, 9.17) is 15.9 Å². The molecule has 0 atom stereocenters. The first-order valence-corrected chi connectivity index (χ1v) is 5.84. The van der Waals surface area contributed by atoms with E-state index in [2.05, 4.69) is 23.7 Å². The van der Waals surface area contributed by atoms with Gasteiger partial charge in [0.1, 0.15) is 18.1 Å². The number of hydrogen-bond donors (Lipinski definition) is 2. The minimum Gasteiger partial charge on any atom is -0.476 e. The Bertz CT molecular complexity index is 363. The van der Waals surface area contributed by atoms with Crippen LogP contribution in [0.15, 0.2) is 18.2 Å². The zero-order valence-corrected chi connectivity index (χ0v) is 10.4. The molecule has 3 N–H and O–H groups in total. The van der Waals surface area contributed by atoms with Crippen LogP contribution >= 0.6 is 0 Å². The van der Waals surface area contributed by atoms with Crippen LogP contribution in [0.2, 0.25) is 0 Å². The van der Waals surface area contributed by atoms with Crippen LogP contribution in [0, 0.1) is 5.41 Å². The standard InChI is InChI=1S/C12H20N4O/c1-3-16(4-2)8-9-17-11-7-5-6-10(15-11)12(13)14/h5-7H,3-4,8-9H2,1-2H3,(H3,13,14). The summed E-state index contributed by atoms with van der Waals surface area (Å²) >= 11 is 0. The molecule has 0 aliphatic heterocycles. The first-order chi connectivity index (χ1) is 8.17. The second-order valence-corrected chi connectivity index (χ2v) is 3.65. The van der Waals surface area contributed by atoms with E-state index in [1.165, 1.54) is 0 Å². The third-order valence-corrected chi connectivity index (χ3v) is 2.55. The van der Waals surface area contributed by atoms with Crippen molar-refractivity contribution in [3.8, 4) is 5.88 Å². The van der Waals surface area contributed by atoms with E-state index >= 15 is 0 Å². The summed E-state index contributed by atoms with van der Waals surface area (Å²) in [5, 5.41) is 7.29. The number of aromatic nitrogens is 1. The number of amidine groups is 1. The Morgan fingerprint density at radius 2 is 2.12 bits per heavy atom. The van der Waals surface area contributed by atoms with Crippen molar-refractivity contribution < 1.29 is 4.74 Å². The van der Waals surface area contributed by atoms with E-state index < -0.39 is 0 Å². The highest BCUT2D eigenvalue weighted by molar-refractivity contribution is 5.93. The van der Waals surface area contributed by atoms with Crippen molar-refractivity contribution in [2.75, 3.05) is 26.2 Å². The molecule has 1 aromatic heterocycles. The number of hydrogen-bond acceptors (Lipinski definition) is 4. The van der Waals surface area contributed by atoms with Crippen LogP contribution in [0.1, 0.15) is 19.5 Å². The van der Waals surface area contributed by atoms with Gasteiger partial charge in [-0.3, -0.25) is 5.41 Å². The average Bonchev–Trinajstić information content (AvgIpc) is 2.35. The molecule has 0 amide bonds. The highest BCUT2D eigenvalue weighted by atomic mass is 16.5. The third kappa shape index (κ3) is 4.40. The first kappa shape index (κ1) is 13.4. The molecule has 1 aromatic rings. The molecule has 0 radical (unpaired) electrons. The van der Waals surface area contributed by atoms with E-state index in [-0.39, 0.29) is 5.84 Å². The number of ether oxygens (including phenoxy) is 1. The van der Waals surface area contributed by atoms with Crippen LogP contribution in [0.4, 0.5) is 0 Å². The second kappa shape index (κ2) is 6.85. The van der Waals surface area contributed by atoms with Gasteiger partial charge in [0.15, 0.2) is 0 Å². The number of rotatable bonds is 7. The van der Waals surface area contributed by atoms with Gasteiger partial charge in [0, 0.05) is 12.6 Å². The van der Waals surface area contributed by atoms with Crippen LogP contribution in [0.5, 0.6) is 5.88 Å². The van der Waals surface area contributed by atoms with E-state index in [0.29, 0.717) is 18.2 Å². The molecule has 1 rings (SSSR count). The number of nitrogens with zero attached hydrogens (tertiary/aromatic N) is 2. The van der Waals surface area contributed by atoms with Gasteiger partial charge in [0.2, 0.25) is 5.88 Å². The fourth-order valence-electron chi connectivity index (χ4n) is 1.46. The van der Waals surface area contributed by atoms with Crippen molar-refractivity contribution in [1.82, 2.24) is 9.88 Å². The molecular formula is C12H20N4O. The van der Waals surface area contributed by atoms with E-state index in [1.807, 2.05) is 0 Å². The van der Waals surface area contributed by atoms with Gasteiger partial charge < -0.3 is 15.4 Å². The van der Waals surface area contributed by atoms with Crippen molar-refractivity contribution in [3.05, 3.63) is 23.9 Å². The number of likely N-dealkylation sites (N-methyl/N-ethyl adjacent to an activating group) is 1. The second-order valence-electron chi connectivity index (χ2n) is 3.65. The Kier molecular flexibility index (Phi) is 5.42. The Balaban J connectivity index is 2.46. The first-order valence-electron chi connectivity index (χ1n) is 5.84. The quantitative estimate of drug-likeness (QED) is 0.549. The van der Waals surface area contributed by atoms with Crippen molar-refractivity contribution in [1.29, 1.82) is 5.41 Å². The highest BCUT2D eigenvalue weighted by Crippen LogP contribution is 2.07. The number of nitrogen functional groups attached to an aromatic ring is 1. The molecule has 17 heavy (non-hydrogen) atoms. The predicted molar refractivity (Wildman–Crippen MR) is 68.5 cm³/mol. The topological polar surface area (TPSA) is 75.2 Å². The average molecular weight is 236 g/mol. The molecule has 0 bridgehead atoms. The summed E-state index contributed by atoms with van der Waals surface area (Å²) in [6, 6.07) is 5.25. The third-order valence-electron chi connectivity index (χ3n) is 2.55. The lowest BCUT2D eigenvalue weighted by Crippen LogP contribution is -2.28. The maximum absolute atomic E-state index is 7.29. The zero-order valence-electron chi connectivity index (χ0n) is 10.4. The van der Waals surface area contributed by atoms with E-state index in [9.17, 15) is 0 Å². The summed E-state index contributed by atoms with van der Waals surface area (Å²) in [6.07, 6.45) is 0. The van der Waals surface area contributed by atoms with Crippen molar-refractivity contribution in [3.63, 3.8) is 0 Å². The van der Waals surface area contributed by atoms with Crippen LogP contribution in [0.3, 0.4) is 0 Å². The van der Waals surface area contributed by atoms with Gasteiger partial charge in [-0.2, -0.15) is 0 Å². The van der Waals surface area contributed by atoms with Crippen LogP contribution < -0.4 is 10.5 Å². The van der Waals surface area contributed by atoms with Gasteiger partial charge in [0.25, 0.3) is 0 Å². The number of nitrogens with two attached hydrogens (primary N) is 1. The smallest absolute Gasteiger partial charge is 0.213 e. The molecule has 0 fully saturated rings. The van der Waals surface area contributed by atoms with Gasteiger partial charge in [0.05, 0.1) is 0 Å². The largest absolute Gasteiger partial charge is 0.476 e. The van der Waals surface area contributed by atoms with Gasteiger partial charge in [-0.25, -0.2) is 4.98 Å². The highest BCUT2D eigenvalue weighted by Gasteiger charge is 2.02. The minimum absolute atomic E-state index is 0.0424. The summed E-state index contributed by atoms with van der Waals surface area (Å²) in [7, 11) is 0. The summed E-state index contributed by atoms with van der Waals surface area (Å²) in [5.74, 6) is 0.476. The molecule has 1 heterocycles. The Labute approximate surface area is 102 Å². The summed E-state index contributed by atoms with van der Waals surface area (Å²) in [6.45, 7) is 7.74. The summed E-state index contributed by atoms with van der Waals surface area (Å²) in [4.78, 5) is 6.40. The number of nitrogens with one attached hydrogen (secondary N) is 1. The maximum Gasteiger partial charge on any atom is 0.213 e. The maximum atomic E-state index is 7.29. The van der Waals surface area contributed by atoms with Crippen LogP contribution in [0.25, 0.3) is 0 Å². The van der Waals surface area contributed by atoms with Crippen molar-refractivity contribution >= 4 is 5.84 Å². The van der Waals surface area contributed by atoms with Crippen molar-refractivity contribution in [2.45, 2.75) is 13.8 Å². The van der Waals surface area contributed by atoms with Crippen LogP contribution in [-0.4, -0.2) is 42.0 Å². The minimum atomic E-state index is -0.0424. The SMILES string of the molecule is CCN(CC)CCOc1cccc(C(=N)N)n1. The number of pyridine rings is 1. The summed E-state index contributed by atoms with van der Waals surface area (Å²) < 4.78 is 5.53. The molecule has 0 saturated heterocycles. The molecule has 5 nitrogen and oxygen atoms in total. The Morgan fingerprint density at radius 3 is 2.71 bits per heavy atom. The molecule has 5 heteroatoms. The molecule has 0 aromatic carbocycles. The Hall–Kier alpha value is -1.62. The van der Waals surface area contributed by atoms with Gasteiger partial charge in [-0.15, -0.1) is 0 Å². The Morgan fingerprint density at radius 1 is 1.41 bits per heavy atom. The fourth-order valence-corrected chi connectivity index (χ4v) is 1.46. The lowest BCUT2D eigenvalue weighted by Gasteiger charge is -2.17. The summed E-state index contributed by atoms with van der Waals surface area (Å²) in [5.41, 5.74) is 5.81. The molecule has 0 aliphatic rings. The van der Waals surface area contributed by atoms with Gasteiger partial charge in [-0.05, 0) is 19.2 Å². The van der Waals surface area contributed by atoms with Crippen LogP contribution in [-0.2, 0) is 0 Å². The molecule has 94 valence electrons. The molecular weight excluding hydrogens is 216 g/mol.